The number of hydrogen-bond donors (Lipinski definition) is 5. The number of carbonyl (C=O) groups is 1. The van der Waals surface area contributed by atoms with E-state index in [1.807, 2.05) is 0 Å². The average molecular weight is 536 g/mol. The van der Waals surface area contributed by atoms with Gasteiger partial charge in [-0.3, -0.25) is 9.69 Å². The van der Waals surface area contributed by atoms with Crippen molar-refractivity contribution in [1.29, 1.82) is 0 Å². The first-order valence-corrected chi connectivity index (χ1v) is 14.9. The van der Waals surface area contributed by atoms with Crippen LogP contribution in [0.3, 0.4) is 0 Å². The van der Waals surface area contributed by atoms with E-state index in [1.54, 1.807) is 6.92 Å². The first kappa shape index (κ1) is 26.1. The van der Waals surface area contributed by atoms with Gasteiger partial charge in [0.1, 0.15) is 11.7 Å². The van der Waals surface area contributed by atoms with Crippen LogP contribution in [0.2, 0.25) is 0 Å². The first-order valence-electron chi connectivity index (χ1n) is 14.9. The van der Waals surface area contributed by atoms with Gasteiger partial charge in [0.2, 0.25) is 5.79 Å². The Morgan fingerprint density at radius 3 is 2.42 bits per heavy atom. The largest absolute Gasteiger partial charge is 0.457 e. The van der Waals surface area contributed by atoms with Gasteiger partial charge in [0, 0.05) is 49.2 Å². The van der Waals surface area contributed by atoms with Crippen molar-refractivity contribution in [1.82, 2.24) is 4.90 Å². The van der Waals surface area contributed by atoms with E-state index in [0.717, 1.165) is 19.4 Å². The number of aliphatic hydroxyl groups is 5. The summed E-state index contributed by atoms with van der Waals surface area (Å²) in [6, 6.07) is -0.0936. The van der Waals surface area contributed by atoms with Gasteiger partial charge in [0.15, 0.2) is 6.10 Å². The smallest absolute Gasteiger partial charge is 0.303 e. The molecule has 1 unspecified atom stereocenters. The molecule has 7 fully saturated rings. The summed E-state index contributed by atoms with van der Waals surface area (Å²) in [5, 5.41) is 59.9. The molecule has 1 spiro atoms. The van der Waals surface area contributed by atoms with Crippen molar-refractivity contribution in [2.45, 2.75) is 120 Å². The number of hydrogen-bond acceptors (Lipinski definition) is 9. The van der Waals surface area contributed by atoms with Crippen LogP contribution in [0.4, 0.5) is 0 Å². The molecule has 7 aliphatic rings. The standard InChI is InChI=1S/C29H45NO8/c1-14-5-8-20-26(4,34)22-16(13-30(20)12-14)17-11-27-19(28(17,35)24(33)23(22)32)7-6-18-25(27,3)10-9-21(37-15(2)31)29(18,36)38-27/h14,16-24,32-36H,5-13H2,1-4H3/t14-,16-,17-,18-,19+,20-,21-,22+,23+,24-,25-,26?,27+,28-,29-/m0/s1. The minimum absolute atomic E-state index is 0.0936. The molecule has 9 heteroatoms. The summed E-state index contributed by atoms with van der Waals surface area (Å²) >= 11 is 0. The SMILES string of the molecule is CC(=O)O[C@H]1CC[C@@]2(C)[C@@H]3CC[C@H]4[C@]5(O)[C@@H](O)[C@H](O)[C@H]6[C@@H](CN7C[C@@H](C)CC[C@H]7C6(C)O)[C@@H]5C[C@@]42O[C@]13O. The van der Waals surface area contributed by atoms with Crippen molar-refractivity contribution in [3.05, 3.63) is 0 Å². The third kappa shape index (κ3) is 2.80. The number of rotatable bonds is 1. The zero-order chi connectivity index (χ0) is 27.2. The predicted octanol–water partition coefficient (Wildman–Crippen LogP) is 0.786. The number of nitrogens with zero attached hydrogens (tertiary/aromatic N) is 1. The van der Waals surface area contributed by atoms with Gasteiger partial charge < -0.3 is 35.0 Å². The third-order valence-corrected chi connectivity index (χ3v) is 13.1. The molecule has 5 N–H and O–H groups in total. The summed E-state index contributed by atoms with van der Waals surface area (Å²) in [5.41, 5.74) is -4.22. The van der Waals surface area contributed by atoms with Gasteiger partial charge in [0.25, 0.3) is 0 Å². The lowest BCUT2D eigenvalue weighted by atomic mass is 9.49. The Morgan fingerprint density at radius 1 is 1.00 bits per heavy atom. The molecule has 7 rings (SSSR count). The van der Waals surface area contributed by atoms with Crippen molar-refractivity contribution >= 4 is 5.97 Å². The monoisotopic (exact) mass is 535 g/mol. The fourth-order valence-corrected chi connectivity index (χ4v) is 11.7. The Kier molecular flexibility index (Phi) is 5.30. The Hall–Kier alpha value is -0.810. The number of aliphatic hydroxyl groups excluding tert-OH is 2. The lowest BCUT2D eigenvalue weighted by molar-refractivity contribution is -0.292. The highest BCUT2D eigenvalue weighted by atomic mass is 16.7. The highest BCUT2D eigenvalue weighted by Crippen LogP contribution is 2.77. The van der Waals surface area contributed by atoms with Gasteiger partial charge in [-0.05, 0) is 69.6 Å². The van der Waals surface area contributed by atoms with Crippen LogP contribution in [0.1, 0.15) is 72.6 Å². The summed E-state index contributed by atoms with van der Waals surface area (Å²) < 4.78 is 12.4. The van der Waals surface area contributed by atoms with E-state index >= 15 is 0 Å². The minimum atomic E-state index is -1.65. The van der Waals surface area contributed by atoms with E-state index in [9.17, 15) is 30.3 Å². The number of ether oxygens (including phenoxy) is 2. The van der Waals surface area contributed by atoms with Crippen molar-refractivity contribution in [2.75, 3.05) is 13.1 Å². The molecule has 3 aliphatic heterocycles. The zero-order valence-corrected chi connectivity index (χ0v) is 23.0. The molecule has 3 heterocycles. The van der Waals surface area contributed by atoms with Gasteiger partial charge >= 0.3 is 5.97 Å². The van der Waals surface area contributed by atoms with Crippen LogP contribution < -0.4 is 0 Å². The molecule has 214 valence electrons. The van der Waals surface area contributed by atoms with Crippen molar-refractivity contribution in [3.63, 3.8) is 0 Å². The molecular weight excluding hydrogens is 490 g/mol. The number of piperidine rings is 2. The van der Waals surface area contributed by atoms with Crippen LogP contribution in [0.15, 0.2) is 0 Å². The molecule has 0 aromatic rings. The van der Waals surface area contributed by atoms with Crippen molar-refractivity contribution < 1.29 is 39.8 Å². The number of carbonyl (C=O) groups excluding carboxylic acids is 1. The number of fused-ring (bicyclic) bond motifs is 5. The van der Waals surface area contributed by atoms with Gasteiger partial charge in [-0.1, -0.05) is 13.8 Å². The number of esters is 1. The second-order valence-electron chi connectivity index (χ2n) is 14.7. The molecular formula is C29H45NO8. The van der Waals surface area contributed by atoms with Gasteiger partial charge in [-0.15, -0.1) is 0 Å². The average Bonchev–Trinajstić information content (AvgIpc) is 3.07. The Balaban J connectivity index is 1.32. The molecule has 0 aromatic heterocycles. The maximum atomic E-state index is 12.6. The summed E-state index contributed by atoms with van der Waals surface area (Å²) in [6.45, 7) is 9.02. The van der Waals surface area contributed by atoms with Gasteiger partial charge in [-0.25, -0.2) is 0 Å². The van der Waals surface area contributed by atoms with Crippen LogP contribution in [0.5, 0.6) is 0 Å². The highest BCUT2D eigenvalue weighted by Gasteiger charge is 2.85. The lowest BCUT2D eigenvalue weighted by Gasteiger charge is -2.63. The Labute approximate surface area is 224 Å². The zero-order valence-electron chi connectivity index (χ0n) is 23.0. The molecule has 0 radical (unpaired) electrons. The predicted molar refractivity (Wildman–Crippen MR) is 134 cm³/mol. The molecule has 15 atom stereocenters. The first-order chi connectivity index (χ1) is 17.7. The van der Waals surface area contributed by atoms with E-state index in [1.165, 1.54) is 6.92 Å². The normalized spacial score (nSPS) is 62.9. The van der Waals surface area contributed by atoms with Gasteiger partial charge in [-0.2, -0.15) is 0 Å². The van der Waals surface area contributed by atoms with E-state index < -0.39 is 70.0 Å². The molecule has 9 nitrogen and oxygen atoms in total. The molecule has 4 bridgehead atoms. The van der Waals surface area contributed by atoms with Crippen molar-refractivity contribution in [2.24, 2.45) is 40.9 Å². The summed E-state index contributed by atoms with van der Waals surface area (Å²) in [5.74, 6) is -3.56. The van der Waals surface area contributed by atoms with Crippen LogP contribution in [-0.2, 0) is 14.3 Å². The van der Waals surface area contributed by atoms with E-state index in [2.05, 4.69) is 18.7 Å². The minimum Gasteiger partial charge on any atom is -0.457 e. The van der Waals surface area contributed by atoms with Gasteiger partial charge in [0.05, 0.1) is 17.3 Å². The Bertz CT molecular complexity index is 1040. The molecule has 0 amide bonds. The van der Waals surface area contributed by atoms with E-state index in [0.29, 0.717) is 44.6 Å². The molecule has 0 aromatic carbocycles. The quantitative estimate of drug-likeness (QED) is 0.308. The summed E-state index contributed by atoms with van der Waals surface area (Å²) in [4.78, 5) is 14.3. The van der Waals surface area contributed by atoms with Crippen LogP contribution in [0, 0.1) is 40.9 Å². The van der Waals surface area contributed by atoms with Crippen molar-refractivity contribution in [3.8, 4) is 0 Å². The van der Waals surface area contributed by atoms with Crippen LogP contribution in [0.25, 0.3) is 0 Å². The second kappa shape index (κ2) is 7.72. The maximum absolute atomic E-state index is 12.6. The van der Waals surface area contributed by atoms with E-state index in [4.69, 9.17) is 9.47 Å². The molecule has 4 aliphatic carbocycles. The molecule has 38 heavy (non-hydrogen) atoms. The third-order valence-electron chi connectivity index (χ3n) is 13.1. The summed E-state index contributed by atoms with van der Waals surface area (Å²) in [6.07, 6.45) is 1.09. The van der Waals surface area contributed by atoms with Crippen LogP contribution >= 0.6 is 0 Å². The molecule has 3 saturated heterocycles. The van der Waals surface area contributed by atoms with Crippen LogP contribution in [-0.4, -0.2) is 96.4 Å². The molecule has 4 saturated carbocycles. The Morgan fingerprint density at radius 2 is 1.71 bits per heavy atom. The lowest BCUT2D eigenvalue weighted by Crippen LogP contribution is -2.76. The van der Waals surface area contributed by atoms with E-state index in [-0.39, 0.29) is 17.9 Å². The fraction of sp³-hybridized carbons (Fsp3) is 0.966. The second-order valence-corrected chi connectivity index (χ2v) is 14.7. The highest BCUT2D eigenvalue weighted by molar-refractivity contribution is 5.66. The maximum Gasteiger partial charge on any atom is 0.303 e. The summed E-state index contributed by atoms with van der Waals surface area (Å²) in [7, 11) is 0. The fourth-order valence-electron chi connectivity index (χ4n) is 11.7. The topological polar surface area (TPSA) is 140 Å².